The van der Waals surface area contributed by atoms with Crippen LogP contribution in [0.2, 0.25) is 0 Å². The number of carbonyl (C=O) groups is 1. The first-order chi connectivity index (χ1) is 17.3. The minimum Gasteiger partial charge on any atom is -0.444 e. The molecule has 0 radical (unpaired) electrons. The average molecular weight is 537 g/mol. The standard InChI is InChI=1S/C20H21F6N7O4/c1-9(2)28-18(34)37-11-3-14(35-8-11)13-4-15(32-31-13)30-17-27-5-12(19(21,22)23)16-29-10(6-33(16)17)7-36-20(24,25)26/h4-6,9,11,14H,3,7-8H2,1-2H3,(H,28,34)(H2,27,30,31,32)/t11-,14-/m0/s1. The number of hydrogen-bond donors (Lipinski definition) is 3. The first kappa shape index (κ1) is 26.5. The molecule has 202 valence electrons. The Balaban J connectivity index is 1.50. The fraction of sp³-hybridized carbons (Fsp3) is 0.500. The Labute approximate surface area is 204 Å². The molecule has 0 aliphatic carbocycles. The van der Waals surface area contributed by atoms with Crippen molar-refractivity contribution in [1.82, 2.24) is 29.9 Å². The highest BCUT2D eigenvalue weighted by molar-refractivity contribution is 5.67. The topological polar surface area (TPSA) is 128 Å². The fourth-order valence-corrected chi connectivity index (χ4v) is 3.54. The van der Waals surface area contributed by atoms with Crippen molar-refractivity contribution in [1.29, 1.82) is 0 Å². The summed E-state index contributed by atoms with van der Waals surface area (Å²) in [5.74, 6) is -0.0541. The van der Waals surface area contributed by atoms with Crippen LogP contribution in [0.1, 0.15) is 43.3 Å². The highest BCUT2D eigenvalue weighted by Gasteiger charge is 2.36. The molecule has 17 heteroatoms. The van der Waals surface area contributed by atoms with E-state index in [-0.39, 0.29) is 24.4 Å². The molecule has 3 aromatic rings. The molecule has 1 aliphatic rings. The first-order valence-electron chi connectivity index (χ1n) is 10.8. The lowest BCUT2D eigenvalue weighted by atomic mass is 10.1. The van der Waals surface area contributed by atoms with Gasteiger partial charge in [0.1, 0.15) is 17.8 Å². The number of carbonyl (C=O) groups excluding carboxylic acids is 1. The molecule has 37 heavy (non-hydrogen) atoms. The van der Waals surface area contributed by atoms with Crippen LogP contribution in [-0.4, -0.2) is 55.8 Å². The smallest absolute Gasteiger partial charge is 0.444 e. The summed E-state index contributed by atoms with van der Waals surface area (Å²) in [6.07, 6.45) is -9.63. The maximum atomic E-state index is 13.4. The number of halogens is 6. The third kappa shape index (κ3) is 6.59. The van der Waals surface area contributed by atoms with E-state index < -0.39 is 54.4 Å². The van der Waals surface area contributed by atoms with Crippen LogP contribution in [0.25, 0.3) is 5.65 Å². The van der Waals surface area contributed by atoms with Gasteiger partial charge in [-0.3, -0.25) is 14.2 Å². The van der Waals surface area contributed by atoms with E-state index in [0.29, 0.717) is 18.3 Å². The molecule has 1 amide bonds. The summed E-state index contributed by atoms with van der Waals surface area (Å²) >= 11 is 0. The summed E-state index contributed by atoms with van der Waals surface area (Å²) in [6.45, 7) is 2.63. The highest BCUT2D eigenvalue weighted by Crippen LogP contribution is 2.34. The molecule has 4 heterocycles. The molecule has 1 fully saturated rings. The highest BCUT2D eigenvalue weighted by atomic mass is 19.4. The number of anilines is 2. The third-order valence-corrected chi connectivity index (χ3v) is 5.05. The summed E-state index contributed by atoms with van der Waals surface area (Å²) in [7, 11) is 0. The minimum atomic E-state index is -4.99. The Hall–Kier alpha value is -3.60. The van der Waals surface area contributed by atoms with E-state index in [1.165, 1.54) is 6.07 Å². The Morgan fingerprint density at radius 1 is 1.30 bits per heavy atom. The number of alkyl halides is 6. The SMILES string of the molecule is CC(C)NC(=O)O[C@@H]1CO[C@H](c2cc(Nc3ncc(C(F)(F)F)c4nc(COC(F)(F)F)cn34)n[nH]2)C1. The zero-order valence-electron chi connectivity index (χ0n) is 19.3. The van der Waals surface area contributed by atoms with Crippen LogP contribution in [-0.2, 0) is 27.0 Å². The van der Waals surface area contributed by atoms with Gasteiger partial charge < -0.3 is 20.1 Å². The Morgan fingerprint density at radius 3 is 2.73 bits per heavy atom. The third-order valence-electron chi connectivity index (χ3n) is 5.05. The molecule has 0 aromatic carbocycles. The summed E-state index contributed by atoms with van der Waals surface area (Å²) in [5.41, 5.74) is -1.81. The predicted octanol–water partition coefficient (Wildman–Crippen LogP) is 4.22. The van der Waals surface area contributed by atoms with Crippen LogP contribution in [0.3, 0.4) is 0 Å². The number of hydrogen-bond acceptors (Lipinski definition) is 8. The molecule has 1 aliphatic heterocycles. The van der Waals surface area contributed by atoms with Gasteiger partial charge in [-0.2, -0.15) is 18.3 Å². The Kier molecular flexibility index (Phi) is 7.18. The van der Waals surface area contributed by atoms with E-state index in [4.69, 9.17) is 9.47 Å². The van der Waals surface area contributed by atoms with Gasteiger partial charge in [0.25, 0.3) is 0 Å². The summed E-state index contributed by atoms with van der Waals surface area (Å²) in [4.78, 5) is 19.2. The van der Waals surface area contributed by atoms with Crippen molar-refractivity contribution in [3.63, 3.8) is 0 Å². The monoisotopic (exact) mass is 537 g/mol. The van der Waals surface area contributed by atoms with Crippen LogP contribution >= 0.6 is 0 Å². The molecule has 0 spiro atoms. The van der Waals surface area contributed by atoms with Gasteiger partial charge in [-0.05, 0) is 13.8 Å². The van der Waals surface area contributed by atoms with Crippen molar-refractivity contribution in [2.24, 2.45) is 0 Å². The molecule has 1 saturated heterocycles. The summed E-state index contributed by atoms with van der Waals surface area (Å²) in [5, 5.41) is 12.1. The van der Waals surface area contributed by atoms with Gasteiger partial charge in [0.2, 0.25) is 5.95 Å². The van der Waals surface area contributed by atoms with Gasteiger partial charge in [0, 0.05) is 30.9 Å². The van der Waals surface area contributed by atoms with Crippen molar-refractivity contribution >= 4 is 23.5 Å². The van der Waals surface area contributed by atoms with Gasteiger partial charge >= 0.3 is 18.6 Å². The van der Waals surface area contributed by atoms with E-state index in [0.717, 1.165) is 10.6 Å². The molecule has 4 rings (SSSR count). The van der Waals surface area contributed by atoms with Crippen molar-refractivity contribution in [2.75, 3.05) is 11.9 Å². The second-order valence-electron chi connectivity index (χ2n) is 8.37. The van der Waals surface area contributed by atoms with Gasteiger partial charge in [0.15, 0.2) is 11.5 Å². The summed E-state index contributed by atoms with van der Waals surface area (Å²) in [6, 6.07) is 1.41. The Morgan fingerprint density at radius 2 is 2.05 bits per heavy atom. The number of nitrogens with one attached hydrogen (secondary N) is 3. The molecule has 0 saturated carbocycles. The number of imidazole rings is 1. The molecular formula is C20H21F6N7O4. The first-order valence-corrected chi connectivity index (χ1v) is 10.8. The molecule has 2 atom stereocenters. The van der Waals surface area contributed by atoms with Crippen molar-refractivity contribution in [3.8, 4) is 0 Å². The largest absolute Gasteiger partial charge is 0.522 e. The van der Waals surface area contributed by atoms with E-state index in [1.54, 1.807) is 13.8 Å². The normalized spacial score (nSPS) is 18.5. The number of alkyl carbamates (subject to hydrolysis) is 1. The van der Waals surface area contributed by atoms with Crippen molar-refractivity contribution in [3.05, 3.63) is 35.4 Å². The van der Waals surface area contributed by atoms with Crippen LogP contribution in [0.4, 0.5) is 42.9 Å². The lowest BCUT2D eigenvalue weighted by molar-refractivity contribution is -0.330. The van der Waals surface area contributed by atoms with Crippen LogP contribution in [0.15, 0.2) is 18.5 Å². The number of amides is 1. The van der Waals surface area contributed by atoms with Crippen LogP contribution in [0.5, 0.6) is 0 Å². The van der Waals surface area contributed by atoms with Crippen molar-refractivity contribution < 1.29 is 45.3 Å². The molecule has 3 aromatic heterocycles. The summed E-state index contributed by atoms with van der Waals surface area (Å²) < 4.78 is 92.9. The predicted molar refractivity (Wildman–Crippen MR) is 113 cm³/mol. The second kappa shape index (κ2) is 10.0. The number of rotatable bonds is 7. The zero-order valence-corrected chi connectivity index (χ0v) is 19.3. The average Bonchev–Trinajstić information content (AvgIpc) is 3.49. The minimum absolute atomic E-state index is 0.0964. The molecule has 11 nitrogen and oxygen atoms in total. The maximum absolute atomic E-state index is 13.4. The Bertz CT molecular complexity index is 1260. The molecule has 3 N–H and O–H groups in total. The number of aromatic amines is 1. The number of nitrogens with zero attached hydrogens (tertiary/aromatic N) is 4. The van der Waals surface area contributed by atoms with Crippen molar-refractivity contribution in [2.45, 2.75) is 57.7 Å². The van der Waals surface area contributed by atoms with Gasteiger partial charge in [-0.25, -0.2) is 14.8 Å². The van der Waals surface area contributed by atoms with E-state index in [1.807, 2.05) is 0 Å². The van der Waals surface area contributed by atoms with E-state index >= 15 is 0 Å². The van der Waals surface area contributed by atoms with E-state index in [2.05, 4.69) is 35.5 Å². The number of fused-ring (bicyclic) bond motifs is 1. The maximum Gasteiger partial charge on any atom is 0.522 e. The molecular weight excluding hydrogens is 516 g/mol. The second-order valence-corrected chi connectivity index (χ2v) is 8.37. The van der Waals surface area contributed by atoms with Gasteiger partial charge in [0.05, 0.1) is 24.6 Å². The molecule has 0 bridgehead atoms. The fourth-order valence-electron chi connectivity index (χ4n) is 3.54. The van der Waals surface area contributed by atoms with E-state index in [9.17, 15) is 31.1 Å². The molecule has 0 unspecified atom stereocenters. The van der Waals surface area contributed by atoms with Crippen LogP contribution in [0, 0.1) is 0 Å². The number of H-pyrrole nitrogens is 1. The number of aromatic nitrogens is 5. The lowest BCUT2D eigenvalue weighted by Gasteiger charge is -2.13. The lowest BCUT2D eigenvalue weighted by Crippen LogP contribution is -2.33. The number of ether oxygens (including phenoxy) is 3. The zero-order chi connectivity index (χ0) is 27.0. The van der Waals surface area contributed by atoms with Crippen LogP contribution < -0.4 is 10.6 Å². The van der Waals surface area contributed by atoms with Gasteiger partial charge in [-0.1, -0.05) is 0 Å². The quantitative estimate of drug-likeness (QED) is 0.383. The van der Waals surface area contributed by atoms with Gasteiger partial charge in [-0.15, -0.1) is 13.2 Å².